The summed E-state index contributed by atoms with van der Waals surface area (Å²) in [5, 5.41) is 3.16. The van der Waals surface area contributed by atoms with E-state index in [0.29, 0.717) is 43.2 Å². The van der Waals surface area contributed by atoms with E-state index < -0.39 is 18.6 Å². The minimum absolute atomic E-state index is 0. The molecular weight excluding hydrogens is 368 g/mol. The Bertz CT molecular complexity index is 476. The molecule has 0 bridgehead atoms. The van der Waals surface area contributed by atoms with Crippen molar-refractivity contribution in [2.24, 2.45) is 0 Å². The first-order chi connectivity index (χ1) is 10.4. The van der Waals surface area contributed by atoms with Crippen LogP contribution in [0.15, 0.2) is 18.2 Å². The molecular formula is C15H23Cl2F3N2O2. The molecule has 0 amide bonds. The zero-order chi connectivity index (χ0) is 16.2. The largest absolute Gasteiger partial charge is 0.497 e. The summed E-state index contributed by atoms with van der Waals surface area (Å²) in [6, 6.07) is 4.24. The summed E-state index contributed by atoms with van der Waals surface area (Å²) in [5.41, 5.74) is 0.565. The number of hydrogen-bond acceptors (Lipinski definition) is 4. The van der Waals surface area contributed by atoms with Crippen LogP contribution < -0.4 is 14.8 Å². The molecule has 0 unspecified atom stereocenters. The summed E-state index contributed by atoms with van der Waals surface area (Å²) >= 11 is 0. The van der Waals surface area contributed by atoms with Gasteiger partial charge in [0.25, 0.3) is 0 Å². The lowest BCUT2D eigenvalue weighted by Crippen LogP contribution is -2.46. The van der Waals surface area contributed by atoms with E-state index in [9.17, 15) is 13.2 Å². The molecule has 4 nitrogen and oxygen atoms in total. The van der Waals surface area contributed by atoms with Gasteiger partial charge < -0.3 is 14.8 Å². The van der Waals surface area contributed by atoms with E-state index in [1.54, 1.807) is 18.2 Å². The Morgan fingerprint density at radius 3 is 1.96 bits per heavy atom. The quantitative estimate of drug-likeness (QED) is 0.834. The molecule has 1 saturated heterocycles. The molecule has 1 N–H and O–H groups in total. The molecule has 1 aliphatic heterocycles. The summed E-state index contributed by atoms with van der Waals surface area (Å²) in [6.45, 7) is 2.55. The van der Waals surface area contributed by atoms with Crippen molar-refractivity contribution in [3.63, 3.8) is 0 Å². The normalized spacial score (nSPS) is 16.5. The van der Waals surface area contributed by atoms with Gasteiger partial charge in [0.1, 0.15) is 11.5 Å². The monoisotopic (exact) mass is 390 g/mol. The lowest BCUT2D eigenvalue weighted by molar-refractivity contribution is -0.148. The van der Waals surface area contributed by atoms with Crippen LogP contribution in [0.1, 0.15) is 18.0 Å². The molecule has 1 fully saturated rings. The number of benzene rings is 1. The number of halogens is 5. The number of nitrogens with one attached hydrogen (secondary N) is 1. The molecule has 0 aromatic heterocycles. The molecule has 0 aliphatic carbocycles. The highest BCUT2D eigenvalue weighted by molar-refractivity contribution is 5.85. The Balaban J connectivity index is 0.00000264. The first-order valence-corrected chi connectivity index (χ1v) is 7.17. The van der Waals surface area contributed by atoms with Crippen molar-refractivity contribution in [1.82, 2.24) is 10.2 Å². The van der Waals surface area contributed by atoms with Gasteiger partial charge in [0.2, 0.25) is 0 Å². The maximum absolute atomic E-state index is 13.0. The highest BCUT2D eigenvalue weighted by Gasteiger charge is 2.36. The second kappa shape index (κ2) is 10.2. The van der Waals surface area contributed by atoms with Gasteiger partial charge in [-0.1, -0.05) is 0 Å². The third kappa shape index (κ3) is 6.55. The molecule has 0 saturated carbocycles. The Kier molecular flexibility index (Phi) is 9.80. The van der Waals surface area contributed by atoms with Gasteiger partial charge in [-0.05, 0) is 17.7 Å². The standard InChI is InChI=1S/C15H21F3N2O2.2ClH/c1-21-12-7-11(8-13(9-12)22-2)14(10-15(16,17)18)20-5-3-19-4-6-20;;/h7-9,14,19H,3-6,10H2,1-2H3;2*1H/t14-;;/m0../s1. The summed E-state index contributed by atoms with van der Waals surface area (Å²) in [6.07, 6.45) is -5.12. The van der Waals surface area contributed by atoms with E-state index in [4.69, 9.17) is 9.47 Å². The van der Waals surface area contributed by atoms with Crippen LogP contribution >= 0.6 is 24.8 Å². The van der Waals surface area contributed by atoms with Gasteiger partial charge in [-0.2, -0.15) is 13.2 Å². The fourth-order valence-corrected chi connectivity index (χ4v) is 2.69. The number of methoxy groups -OCH3 is 2. The number of piperazine rings is 1. The van der Waals surface area contributed by atoms with Crippen LogP contribution in [0.2, 0.25) is 0 Å². The van der Waals surface area contributed by atoms with Gasteiger partial charge in [-0.3, -0.25) is 4.90 Å². The molecule has 1 aliphatic rings. The topological polar surface area (TPSA) is 33.7 Å². The summed E-state index contributed by atoms with van der Waals surface area (Å²) < 4.78 is 49.4. The first kappa shape index (κ1) is 23.1. The van der Waals surface area contributed by atoms with Gasteiger partial charge >= 0.3 is 6.18 Å². The third-order valence-corrected chi connectivity index (χ3v) is 3.78. The predicted molar refractivity (Wildman–Crippen MR) is 91.9 cm³/mol. The molecule has 1 heterocycles. The maximum Gasteiger partial charge on any atom is 0.390 e. The SMILES string of the molecule is COc1cc(OC)cc([C@H](CC(F)(F)F)N2CCNCC2)c1.Cl.Cl. The van der Waals surface area contributed by atoms with E-state index in [1.165, 1.54) is 14.2 Å². The van der Waals surface area contributed by atoms with Crippen molar-refractivity contribution in [3.05, 3.63) is 23.8 Å². The Morgan fingerprint density at radius 2 is 1.54 bits per heavy atom. The summed E-state index contributed by atoms with van der Waals surface area (Å²) in [4.78, 5) is 1.86. The van der Waals surface area contributed by atoms with E-state index in [0.717, 1.165) is 0 Å². The van der Waals surface area contributed by atoms with Crippen molar-refractivity contribution in [1.29, 1.82) is 0 Å². The van der Waals surface area contributed by atoms with Crippen LogP contribution in [0.5, 0.6) is 11.5 Å². The van der Waals surface area contributed by atoms with Crippen molar-refractivity contribution in [2.75, 3.05) is 40.4 Å². The zero-order valence-corrected chi connectivity index (χ0v) is 15.2. The van der Waals surface area contributed by atoms with Gasteiger partial charge in [-0.25, -0.2) is 0 Å². The van der Waals surface area contributed by atoms with E-state index in [-0.39, 0.29) is 24.8 Å². The van der Waals surface area contributed by atoms with Crippen LogP contribution in [0.3, 0.4) is 0 Å². The molecule has 1 aromatic carbocycles. The van der Waals surface area contributed by atoms with Crippen molar-refractivity contribution in [3.8, 4) is 11.5 Å². The minimum atomic E-state index is -4.23. The van der Waals surface area contributed by atoms with Gasteiger partial charge in [0.05, 0.1) is 20.6 Å². The summed E-state index contributed by atoms with van der Waals surface area (Å²) in [5.74, 6) is 0.994. The Hall–Kier alpha value is -0.890. The highest BCUT2D eigenvalue weighted by Crippen LogP contribution is 2.37. The molecule has 140 valence electrons. The van der Waals surface area contributed by atoms with Crippen molar-refractivity contribution < 1.29 is 22.6 Å². The molecule has 24 heavy (non-hydrogen) atoms. The fraction of sp³-hybridized carbons (Fsp3) is 0.600. The van der Waals surface area contributed by atoms with E-state index in [2.05, 4.69) is 5.32 Å². The second-order valence-corrected chi connectivity index (χ2v) is 5.27. The maximum atomic E-state index is 13.0. The van der Waals surface area contributed by atoms with Gasteiger partial charge in [0, 0.05) is 38.3 Å². The van der Waals surface area contributed by atoms with Crippen molar-refractivity contribution in [2.45, 2.75) is 18.6 Å². The number of nitrogens with zero attached hydrogens (tertiary/aromatic N) is 1. The fourth-order valence-electron chi connectivity index (χ4n) is 2.69. The number of rotatable bonds is 5. The molecule has 0 spiro atoms. The van der Waals surface area contributed by atoms with Crippen LogP contribution in [0.25, 0.3) is 0 Å². The van der Waals surface area contributed by atoms with E-state index >= 15 is 0 Å². The summed E-state index contributed by atoms with van der Waals surface area (Å²) in [7, 11) is 2.98. The Morgan fingerprint density at radius 1 is 1.04 bits per heavy atom. The molecule has 9 heteroatoms. The smallest absolute Gasteiger partial charge is 0.390 e. The predicted octanol–water partition coefficient (Wildman–Crippen LogP) is 3.45. The second-order valence-electron chi connectivity index (χ2n) is 5.27. The zero-order valence-electron chi connectivity index (χ0n) is 13.6. The minimum Gasteiger partial charge on any atom is -0.497 e. The number of ether oxygens (including phenoxy) is 2. The first-order valence-electron chi connectivity index (χ1n) is 7.17. The lowest BCUT2D eigenvalue weighted by atomic mass is 10.00. The molecule has 2 rings (SSSR count). The third-order valence-electron chi connectivity index (χ3n) is 3.78. The molecule has 1 aromatic rings. The average Bonchev–Trinajstić information content (AvgIpc) is 2.52. The van der Waals surface area contributed by atoms with Crippen LogP contribution in [0, 0.1) is 0 Å². The van der Waals surface area contributed by atoms with E-state index in [1.807, 2.05) is 4.90 Å². The average molecular weight is 391 g/mol. The van der Waals surface area contributed by atoms with Crippen molar-refractivity contribution >= 4 is 24.8 Å². The van der Waals surface area contributed by atoms with Gasteiger partial charge in [-0.15, -0.1) is 24.8 Å². The van der Waals surface area contributed by atoms with Crippen LogP contribution in [-0.4, -0.2) is 51.5 Å². The molecule has 1 atom stereocenters. The van der Waals surface area contributed by atoms with Crippen LogP contribution in [0.4, 0.5) is 13.2 Å². The van der Waals surface area contributed by atoms with Gasteiger partial charge in [0.15, 0.2) is 0 Å². The Labute approximate surface area is 152 Å². The number of hydrogen-bond donors (Lipinski definition) is 1. The highest BCUT2D eigenvalue weighted by atomic mass is 35.5. The van der Waals surface area contributed by atoms with Crippen LogP contribution in [-0.2, 0) is 0 Å². The lowest BCUT2D eigenvalue weighted by Gasteiger charge is -2.35. The molecule has 0 radical (unpaired) electrons. The number of alkyl halides is 3.